The van der Waals surface area contributed by atoms with E-state index in [1.807, 2.05) is 0 Å². The van der Waals surface area contributed by atoms with Gasteiger partial charge in [-0.05, 0) is 43.6 Å². The first-order valence-corrected chi connectivity index (χ1v) is 5.80. The fraction of sp³-hybridized carbons (Fsp3) is 0.846. The van der Waals surface area contributed by atoms with Crippen molar-refractivity contribution in [3.05, 3.63) is 12.2 Å². The molecular formula is C13H27N. The molecule has 0 amide bonds. The Kier molecular flexibility index (Phi) is 6.10. The molecule has 0 spiro atoms. The van der Waals surface area contributed by atoms with Gasteiger partial charge >= 0.3 is 0 Å². The average Bonchev–Trinajstić information content (AvgIpc) is 2.14. The van der Waals surface area contributed by atoms with Crippen LogP contribution < -0.4 is 5.73 Å². The van der Waals surface area contributed by atoms with Gasteiger partial charge in [0.2, 0.25) is 0 Å². The Morgan fingerprint density at radius 2 is 2.00 bits per heavy atom. The summed E-state index contributed by atoms with van der Waals surface area (Å²) in [4.78, 5) is 0. The maximum Gasteiger partial charge on any atom is -0.00202 e. The van der Waals surface area contributed by atoms with Crippen LogP contribution in [0.4, 0.5) is 0 Å². The van der Waals surface area contributed by atoms with Gasteiger partial charge < -0.3 is 5.73 Å². The standard InChI is InChI=1S/C13H27N/c1-6-13(5,10-14)9-12(4)8-7-11(2)3/h11H,4,6-10,14H2,1-3,5H3/t13-/m0/s1. The summed E-state index contributed by atoms with van der Waals surface area (Å²) < 4.78 is 0. The molecule has 1 atom stereocenters. The lowest BCUT2D eigenvalue weighted by atomic mass is 9.80. The lowest BCUT2D eigenvalue weighted by molar-refractivity contribution is 0.315. The largest absolute Gasteiger partial charge is 0.330 e. The van der Waals surface area contributed by atoms with Crippen molar-refractivity contribution in [1.29, 1.82) is 0 Å². The van der Waals surface area contributed by atoms with Crippen molar-refractivity contribution >= 4 is 0 Å². The van der Waals surface area contributed by atoms with Crippen LogP contribution in [0.2, 0.25) is 0 Å². The zero-order chi connectivity index (χ0) is 11.2. The van der Waals surface area contributed by atoms with E-state index in [1.165, 1.54) is 12.0 Å². The fourth-order valence-electron chi connectivity index (χ4n) is 1.53. The molecule has 0 heterocycles. The van der Waals surface area contributed by atoms with E-state index in [9.17, 15) is 0 Å². The van der Waals surface area contributed by atoms with Gasteiger partial charge in [-0.1, -0.05) is 39.8 Å². The van der Waals surface area contributed by atoms with Gasteiger partial charge in [0.25, 0.3) is 0 Å². The molecule has 1 heteroatoms. The lowest BCUT2D eigenvalue weighted by Crippen LogP contribution is -2.26. The number of hydrogen-bond acceptors (Lipinski definition) is 1. The molecule has 84 valence electrons. The summed E-state index contributed by atoms with van der Waals surface area (Å²) in [6, 6.07) is 0. The molecule has 0 aromatic rings. The van der Waals surface area contributed by atoms with Gasteiger partial charge in [-0.2, -0.15) is 0 Å². The SMILES string of the molecule is C=C(CCC(C)C)C[C@](C)(CC)CN. The molecule has 2 N–H and O–H groups in total. The highest BCUT2D eigenvalue weighted by Gasteiger charge is 2.20. The molecule has 0 radical (unpaired) electrons. The molecule has 1 nitrogen and oxygen atoms in total. The zero-order valence-electron chi connectivity index (χ0n) is 10.4. The first-order chi connectivity index (χ1) is 6.43. The van der Waals surface area contributed by atoms with Gasteiger partial charge in [0.1, 0.15) is 0 Å². The second-order valence-corrected chi connectivity index (χ2v) is 5.23. The van der Waals surface area contributed by atoms with E-state index in [-0.39, 0.29) is 5.41 Å². The lowest BCUT2D eigenvalue weighted by Gasteiger charge is -2.27. The third-order valence-corrected chi connectivity index (χ3v) is 3.10. The molecule has 0 saturated carbocycles. The van der Waals surface area contributed by atoms with Crippen LogP contribution in [0.15, 0.2) is 12.2 Å². The van der Waals surface area contributed by atoms with Crippen molar-refractivity contribution in [3.63, 3.8) is 0 Å². The minimum absolute atomic E-state index is 0.272. The quantitative estimate of drug-likeness (QED) is 0.618. The smallest absolute Gasteiger partial charge is 0.00202 e. The predicted octanol–water partition coefficient (Wildman–Crippen LogP) is 3.74. The third kappa shape index (κ3) is 5.43. The van der Waals surface area contributed by atoms with Gasteiger partial charge in [-0.15, -0.1) is 0 Å². The Morgan fingerprint density at radius 1 is 1.43 bits per heavy atom. The number of nitrogens with two attached hydrogens (primary N) is 1. The molecular weight excluding hydrogens is 170 g/mol. The van der Waals surface area contributed by atoms with Crippen LogP contribution in [0, 0.1) is 11.3 Å². The highest BCUT2D eigenvalue weighted by atomic mass is 14.6. The summed E-state index contributed by atoms with van der Waals surface area (Å²) in [5.74, 6) is 0.775. The highest BCUT2D eigenvalue weighted by molar-refractivity contribution is 4.99. The molecule has 0 bridgehead atoms. The van der Waals surface area contributed by atoms with Crippen molar-refractivity contribution < 1.29 is 0 Å². The minimum Gasteiger partial charge on any atom is -0.330 e. The van der Waals surface area contributed by atoms with E-state index in [2.05, 4.69) is 34.3 Å². The summed E-state index contributed by atoms with van der Waals surface area (Å²) in [6.45, 7) is 13.9. The maximum absolute atomic E-state index is 5.78. The van der Waals surface area contributed by atoms with Crippen LogP contribution in [-0.2, 0) is 0 Å². The molecule has 0 unspecified atom stereocenters. The van der Waals surface area contributed by atoms with Gasteiger partial charge in [0.15, 0.2) is 0 Å². The molecule has 0 aliphatic carbocycles. The van der Waals surface area contributed by atoms with Crippen molar-refractivity contribution in [3.8, 4) is 0 Å². The number of hydrogen-bond donors (Lipinski definition) is 1. The number of allylic oxidation sites excluding steroid dienone is 1. The van der Waals surface area contributed by atoms with Gasteiger partial charge in [-0.25, -0.2) is 0 Å². The van der Waals surface area contributed by atoms with Crippen LogP contribution in [-0.4, -0.2) is 6.54 Å². The fourth-order valence-corrected chi connectivity index (χ4v) is 1.53. The predicted molar refractivity (Wildman–Crippen MR) is 65.3 cm³/mol. The summed E-state index contributed by atoms with van der Waals surface area (Å²) in [7, 11) is 0. The van der Waals surface area contributed by atoms with Crippen LogP contribution >= 0.6 is 0 Å². The summed E-state index contributed by atoms with van der Waals surface area (Å²) >= 11 is 0. The Morgan fingerprint density at radius 3 is 2.36 bits per heavy atom. The van der Waals surface area contributed by atoms with Crippen molar-refractivity contribution in [2.75, 3.05) is 6.54 Å². The van der Waals surface area contributed by atoms with E-state index in [4.69, 9.17) is 5.73 Å². The Balaban J connectivity index is 3.92. The molecule has 0 aliphatic rings. The monoisotopic (exact) mass is 197 g/mol. The molecule has 14 heavy (non-hydrogen) atoms. The van der Waals surface area contributed by atoms with Gasteiger partial charge in [0, 0.05) is 0 Å². The van der Waals surface area contributed by atoms with Gasteiger partial charge in [-0.3, -0.25) is 0 Å². The molecule has 0 aromatic heterocycles. The molecule has 0 aromatic carbocycles. The van der Waals surface area contributed by atoms with Crippen LogP contribution in [0.25, 0.3) is 0 Å². The maximum atomic E-state index is 5.78. The Hall–Kier alpha value is -0.300. The van der Waals surface area contributed by atoms with E-state index < -0.39 is 0 Å². The second-order valence-electron chi connectivity index (χ2n) is 5.23. The van der Waals surface area contributed by atoms with Crippen LogP contribution in [0.1, 0.15) is 53.4 Å². The van der Waals surface area contributed by atoms with Crippen molar-refractivity contribution in [2.45, 2.75) is 53.4 Å². The topological polar surface area (TPSA) is 26.0 Å². The first-order valence-electron chi connectivity index (χ1n) is 5.80. The Labute approximate surface area is 89.8 Å². The van der Waals surface area contributed by atoms with Crippen molar-refractivity contribution in [2.24, 2.45) is 17.1 Å². The van der Waals surface area contributed by atoms with Crippen LogP contribution in [0.3, 0.4) is 0 Å². The van der Waals surface area contributed by atoms with Crippen LogP contribution in [0.5, 0.6) is 0 Å². The van der Waals surface area contributed by atoms with E-state index >= 15 is 0 Å². The summed E-state index contributed by atoms with van der Waals surface area (Å²) in [6.07, 6.45) is 4.65. The zero-order valence-corrected chi connectivity index (χ0v) is 10.4. The normalized spacial score (nSPS) is 15.6. The van der Waals surface area contributed by atoms with E-state index in [0.29, 0.717) is 0 Å². The summed E-state index contributed by atoms with van der Waals surface area (Å²) in [5, 5.41) is 0. The molecule has 0 saturated heterocycles. The second kappa shape index (κ2) is 6.23. The average molecular weight is 197 g/mol. The minimum atomic E-state index is 0.272. The van der Waals surface area contributed by atoms with Gasteiger partial charge in [0.05, 0.1) is 0 Å². The summed E-state index contributed by atoms with van der Waals surface area (Å²) in [5.41, 5.74) is 7.42. The van der Waals surface area contributed by atoms with Crippen molar-refractivity contribution in [1.82, 2.24) is 0 Å². The third-order valence-electron chi connectivity index (χ3n) is 3.10. The molecule has 0 aliphatic heterocycles. The number of rotatable bonds is 7. The van der Waals surface area contributed by atoms with E-state index in [1.54, 1.807) is 0 Å². The van der Waals surface area contributed by atoms with E-state index in [0.717, 1.165) is 31.7 Å². The molecule has 0 rings (SSSR count). The molecule has 0 fully saturated rings. The highest BCUT2D eigenvalue weighted by Crippen LogP contribution is 2.29. The Bertz CT molecular complexity index is 166. The first kappa shape index (κ1) is 13.7.